The van der Waals surface area contributed by atoms with Gasteiger partial charge in [-0.25, -0.2) is 4.79 Å². The molecule has 0 amide bonds. The highest BCUT2D eigenvalue weighted by Crippen LogP contribution is 2.22. The maximum Gasteiger partial charge on any atom is 0.339 e. The molecule has 0 spiro atoms. The smallest absolute Gasteiger partial charge is 0.339 e. The van der Waals surface area contributed by atoms with Crippen LogP contribution in [0.1, 0.15) is 16.1 Å². The second kappa shape index (κ2) is 5.09. The van der Waals surface area contributed by atoms with Crippen molar-refractivity contribution in [1.29, 1.82) is 0 Å². The molecule has 4 nitrogen and oxygen atoms in total. The van der Waals surface area contributed by atoms with E-state index in [1.165, 1.54) is 12.3 Å². The zero-order chi connectivity index (χ0) is 13.9. The van der Waals surface area contributed by atoms with Crippen LogP contribution in [0.5, 0.6) is 5.75 Å². The van der Waals surface area contributed by atoms with Crippen LogP contribution >= 0.6 is 0 Å². The van der Waals surface area contributed by atoms with E-state index in [1.54, 1.807) is 0 Å². The van der Waals surface area contributed by atoms with E-state index in [4.69, 9.17) is 14.3 Å². The average molecular weight is 268 g/mol. The first-order valence-corrected chi connectivity index (χ1v) is 6.15. The Kier molecular flexibility index (Phi) is 3.13. The van der Waals surface area contributed by atoms with Gasteiger partial charge in [-0.3, -0.25) is 0 Å². The van der Waals surface area contributed by atoms with E-state index in [0.29, 0.717) is 11.5 Å². The summed E-state index contributed by atoms with van der Waals surface area (Å²) in [6.07, 6.45) is 1.35. The van der Waals surface area contributed by atoms with Crippen molar-refractivity contribution in [3.05, 3.63) is 66.1 Å². The molecule has 1 heterocycles. The lowest BCUT2D eigenvalue weighted by Gasteiger charge is -2.06. The normalized spacial score (nSPS) is 10.6. The third-order valence-corrected chi connectivity index (χ3v) is 3.07. The Bertz CT molecular complexity index is 758. The summed E-state index contributed by atoms with van der Waals surface area (Å²) in [5.74, 6) is -0.0297. The fraction of sp³-hybridized carbons (Fsp3) is 0.0625. The lowest BCUT2D eigenvalue weighted by Crippen LogP contribution is -2.02. The first kappa shape index (κ1) is 12.3. The van der Waals surface area contributed by atoms with Gasteiger partial charge in [0, 0.05) is 0 Å². The van der Waals surface area contributed by atoms with Gasteiger partial charge in [0.15, 0.2) is 5.76 Å². The van der Waals surface area contributed by atoms with Gasteiger partial charge < -0.3 is 14.3 Å². The van der Waals surface area contributed by atoms with Gasteiger partial charge in [-0.2, -0.15) is 0 Å². The molecule has 0 saturated heterocycles. The summed E-state index contributed by atoms with van der Waals surface area (Å²) in [5.41, 5.74) is 0.130. The molecule has 0 unspecified atom stereocenters. The van der Waals surface area contributed by atoms with E-state index >= 15 is 0 Å². The van der Waals surface area contributed by atoms with Crippen molar-refractivity contribution in [1.82, 2.24) is 0 Å². The molecule has 0 fully saturated rings. The van der Waals surface area contributed by atoms with Gasteiger partial charge in [0.05, 0.1) is 6.26 Å². The van der Waals surface area contributed by atoms with Crippen LogP contribution in [0.15, 0.2) is 59.2 Å². The number of carboxylic acids is 1. The molecule has 1 N–H and O–H groups in total. The maximum absolute atomic E-state index is 11.0. The summed E-state index contributed by atoms with van der Waals surface area (Å²) in [5, 5.41) is 11.2. The molecular formula is C16H12O4. The highest BCUT2D eigenvalue weighted by atomic mass is 16.5. The van der Waals surface area contributed by atoms with E-state index < -0.39 is 5.97 Å². The van der Waals surface area contributed by atoms with Crippen molar-refractivity contribution >= 4 is 16.7 Å². The van der Waals surface area contributed by atoms with Gasteiger partial charge >= 0.3 is 5.97 Å². The van der Waals surface area contributed by atoms with E-state index in [0.717, 1.165) is 10.8 Å². The number of furan rings is 1. The third kappa shape index (κ3) is 2.36. The van der Waals surface area contributed by atoms with Crippen molar-refractivity contribution in [2.45, 2.75) is 6.61 Å². The fourth-order valence-electron chi connectivity index (χ4n) is 2.05. The van der Waals surface area contributed by atoms with Gasteiger partial charge in [0.1, 0.15) is 17.9 Å². The highest BCUT2D eigenvalue weighted by Gasteiger charge is 2.13. The number of carboxylic acid groups (broad SMARTS) is 1. The maximum atomic E-state index is 11.0. The Labute approximate surface area is 115 Å². The molecule has 0 saturated carbocycles. The molecular weight excluding hydrogens is 256 g/mol. The van der Waals surface area contributed by atoms with Crippen LogP contribution < -0.4 is 4.74 Å². The Balaban J connectivity index is 1.79. The molecule has 0 atom stereocenters. The quantitative estimate of drug-likeness (QED) is 0.783. The van der Waals surface area contributed by atoms with Gasteiger partial charge in [0.2, 0.25) is 0 Å². The molecule has 3 rings (SSSR count). The largest absolute Gasteiger partial charge is 0.486 e. The van der Waals surface area contributed by atoms with Crippen molar-refractivity contribution in [3.8, 4) is 5.75 Å². The molecule has 3 aromatic rings. The number of carbonyl (C=O) groups is 1. The average Bonchev–Trinajstić information content (AvgIpc) is 2.93. The van der Waals surface area contributed by atoms with Crippen LogP contribution in [0.2, 0.25) is 0 Å². The third-order valence-electron chi connectivity index (χ3n) is 3.07. The second-order valence-corrected chi connectivity index (χ2v) is 4.36. The predicted molar refractivity (Wildman–Crippen MR) is 73.9 cm³/mol. The van der Waals surface area contributed by atoms with Crippen LogP contribution in [0, 0.1) is 0 Å². The summed E-state index contributed by atoms with van der Waals surface area (Å²) in [4.78, 5) is 11.0. The van der Waals surface area contributed by atoms with E-state index in [1.807, 2.05) is 42.5 Å². The minimum atomic E-state index is -1.02. The monoisotopic (exact) mass is 268 g/mol. The molecule has 0 aliphatic carbocycles. The number of aromatic carboxylic acids is 1. The van der Waals surface area contributed by atoms with E-state index in [9.17, 15) is 4.79 Å². The van der Waals surface area contributed by atoms with Gasteiger partial charge in [0.25, 0.3) is 0 Å². The van der Waals surface area contributed by atoms with Crippen molar-refractivity contribution in [2.75, 3.05) is 0 Å². The number of rotatable bonds is 4. The summed E-state index contributed by atoms with van der Waals surface area (Å²) in [6, 6.07) is 15.1. The molecule has 100 valence electrons. The summed E-state index contributed by atoms with van der Waals surface area (Å²) < 4.78 is 10.7. The molecule has 2 aromatic carbocycles. The Morgan fingerprint density at radius 3 is 2.70 bits per heavy atom. The molecule has 0 aliphatic heterocycles. The van der Waals surface area contributed by atoms with Gasteiger partial charge in [-0.1, -0.05) is 30.3 Å². The van der Waals surface area contributed by atoms with Crippen molar-refractivity contribution in [2.24, 2.45) is 0 Å². The number of benzene rings is 2. The summed E-state index contributed by atoms with van der Waals surface area (Å²) in [6.45, 7) is 0.0903. The predicted octanol–water partition coefficient (Wildman–Crippen LogP) is 3.71. The number of hydrogen-bond donors (Lipinski definition) is 1. The molecule has 4 heteroatoms. The van der Waals surface area contributed by atoms with Crippen molar-refractivity contribution in [3.63, 3.8) is 0 Å². The second-order valence-electron chi connectivity index (χ2n) is 4.36. The van der Waals surface area contributed by atoms with Crippen molar-refractivity contribution < 1.29 is 19.1 Å². The Hall–Kier alpha value is -2.75. The lowest BCUT2D eigenvalue weighted by molar-refractivity contribution is 0.0692. The molecule has 1 aromatic heterocycles. The summed E-state index contributed by atoms with van der Waals surface area (Å²) >= 11 is 0. The lowest BCUT2D eigenvalue weighted by atomic mass is 10.1. The number of fused-ring (bicyclic) bond motifs is 1. The topological polar surface area (TPSA) is 59.7 Å². The van der Waals surface area contributed by atoms with Crippen LogP contribution in [0.3, 0.4) is 0 Å². The zero-order valence-electron chi connectivity index (χ0n) is 10.6. The van der Waals surface area contributed by atoms with E-state index in [-0.39, 0.29) is 12.2 Å². The van der Waals surface area contributed by atoms with Crippen LogP contribution in [0.4, 0.5) is 0 Å². The highest BCUT2D eigenvalue weighted by molar-refractivity contribution is 5.88. The fourth-order valence-corrected chi connectivity index (χ4v) is 2.05. The first-order valence-electron chi connectivity index (χ1n) is 6.15. The SMILES string of the molecule is O=C(O)c1ccoc1COc1ccc2ccccc2c1. The number of ether oxygens (including phenoxy) is 1. The molecule has 0 radical (unpaired) electrons. The number of hydrogen-bond acceptors (Lipinski definition) is 3. The molecule has 0 bridgehead atoms. The molecule has 20 heavy (non-hydrogen) atoms. The first-order chi connectivity index (χ1) is 9.74. The molecule has 0 aliphatic rings. The Morgan fingerprint density at radius 1 is 1.10 bits per heavy atom. The van der Waals surface area contributed by atoms with Gasteiger partial charge in [-0.15, -0.1) is 0 Å². The van der Waals surface area contributed by atoms with Crippen LogP contribution in [-0.4, -0.2) is 11.1 Å². The standard InChI is InChI=1S/C16H12O4/c17-16(18)14-7-8-19-15(14)10-20-13-6-5-11-3-1-2-4-12(11)9-13/h1-9H,10H2,(H,17,18). The zero-order valence-corrected chi connectivity index (χ0v) is 10.6. The minimum Gasteiger partial charge on any atom is -0.486 e. The van der Waals surface area contributed by atoms with Crippen LogP contribution in [0.25, 0.3) is 10.8 Å². The van der Waals surface area contributed by atoms with E-state index in [2.05, 4.69) is 0 Å². The minimum absolute atomic E-state index is 0.0903. The van der Waals surface area contributed by atoms with Crippen LogP contribution in [-0.2, 0) is 6.61 Å². The summed E-state index contributed by atoms with van der Waals surface area (Å²) in [7, 11) is 0. The van der Waals surface area contributed by atoms with Gasteiger partial charge in [-0.05, 0) is 29.0 Å². The Morgan fingerprint density at radius 2 is 1.90 bits per heavy atom.